The minimum Gasteiger partial charge on any atom is -0.480 e. The van der Waals surface area contributed by atoms with Gasteiger partial charge in [-0.25, -0.2) is 0 Å². The van der Waals surface area contributed by atoms with Gasteiger partial charge in [-0.3, -0.25) is 10.1 Å². The molecule has 1 aromatic carbocycles. The van der Waals surface area contributed by atoms with Crippen LogP contribution in [-0.2, 0) is 16.1 Å². The molecule has 1 atom stereocenters. The Kier molecular flexibility index (Phi) is 6.21. The zero-order valence-corrected chi connectivity index (χ0v) is 12.7. The Hall–Kier alpha value is -1.39. The maximum Gasteiger partial charge on any atom is 0.325 e. The quantitative estimate of drug-likeness (QED) is 0.790. The van der Waals surface area contributed by atoms with Gasteiger partial charge in [0.2, 0.25) is 0 Å². The van der Waals surface area contributed by atoms with Crippen molar-refractivity contribution in [2.45, 2.75) is 57.2 Å². The zero-order chi connectivity index (χ0) is 15.1. The molecular formula is C17H25NO3. The molecule has 0 radical (unpaired) electrons. The number of benzene rings is 1. The fourth-order valence-corrected chi connectivity index (χ4v) is 3.02. The second kappa shape index (κ2) is 8.15. The number of carboxylic acids is 1. The smallest absolute Gasteiger partial charge is 0.325 e. The van der Waals surface area contributed by atoms with Crippen molar-refractivity contribution in [1.29, 1.82) is 0 Å². The van der Waals surface area contributed by atoms with E-state index in [1.807, 2.05) is 24.3 Å². The lowest BCUT2D eigenvalue weighted by atomic mass is 10.0. The summed E-state index contributed by atoms with van der Waals surface area (Å²) in [6.07, 6.45) is 7.04. The predicted octanol–water partition coefficient (Wildman–Crippen LogP) is 3.27. The molecular weight excluding hydrogens is 266 g/mol. The maximum absolute atomic E-state index is 11.6. The van der Waals surface area contributed by atoms with E-state index in [9.17, 15) is 9.90 Å². The van der Waals surface area contributed by atoms with Crippen LogP contribution in [0, 0.1) is 0 Å². The van der Waals surface area contributed by atoms with Crippen molar-refractivity contribution in [3.8, 4) is 0 Å². The first-order valence-electron chi connectivity index (χ1n) is 7.77. The molecule has 0 saturated heterocycles. The lowest BCUT2D eigenvalue weighted by molar-refractivity contribution is -0.140. The monoisotopic (exact) mass is 291 g/mol. The Morgan fingerprint density at radius 1 is 1.33 bits per heavy atom. The number of nitrogens with one attached hydrogen (secondary N) is 1. The third-order valence-electron chi connectivity index (χ3n) is 4.10. The SMILES string of the molecule is COCc1cccc(C(NC2CCCCCC2)C(=O)O)c1. The van der Waals surface area contributed by atoms with Crippen molar-refractivity contribution in [2.75, 3.05) is 7.11 Å². The molecule has 0 aliphatic heterocycles. The standard InChI is InChI=1S/C17H25NO3/c1-21-12-13-7-6-8-14(11-13)16(17(19)20)18-15-9-4-2-3-5-10-15/h6-8,11,15-16,18H,2-5,9-10,12H2,1H3,(H,19,20). The lowest BCUT2D eigenvalue weighted by Gasteiger charge is -2.22. The van der Waals surface area contributed by atoms with Crippen LogP contribution in [0.5, 0.6) is 0 Å². The number of aliphatic carboxylic acids is 1. The summed E-state index contributed by atoms with van der Waals surface area (Å²) in [5, 5.41) is 12.9. The van der Waals surface area contributed by atoms with E-state index in [0.717, 1.165) is 24.0 Å². The largest absolute Gasteiger partial charge is 0.480 e. The van der Waals surface area contributed by atoms with Gasteiger partial charge >= 0.3 is 5.97 Å². The van der Waals surface area contributed by atoms with Crippen molar-refractivity contribution in [3.05, 3.63) is 35.4 Å². The highest BCUT2D eigenvalue weighted by Crippen LogP contribution is 2.22. The third-order valence-corrected chi connectivity index (χ3v) is 4.10. The second-order valence-electron chi connectivity index (χ2n) is 5.80. The van der Waals surface area contributed by atoms with Crippen molar-refractivity contribution < 1.29 is 14.6 Å². The van der Waals surface area contributed by atoms with Crippen LogP contribution >= 0.6 is 0 Å². The van der Waals surface area contributed by atoms with Crippen LogP contribution in [0.2, 0.25) is 0 Å². The molecule has 21 heavy (non-hydrogen) atoms. The number of methoxy groups -OCH3 is 1. The minimum absolute atomic E-state index is 0.305. The average molecular weight is 291 g/mol. The fraction of sp³-hybridized carbons (Fsp3) is 0.588. The molecule has 0 aromatic heterocycles. The minimum atomic E-state index is -0.811. The van der Waals surface area contributed by atoms with Gasteiger partial charge in [0.05, 0.1) is 6.61 Å². The zero-order valence-electron chi connectivity index (χ0n) is 12.7. The van der Waals surface area contributed by atoms with Crippen molar-refractivity contribution in [2.24, 2.45) is 0 Å². The van der Waals surface area contributed by atoms with Gasteiger partial charge in [0.15, 0.2) is 0 Å². The van der Waals surface area contributed by atoms with Crippen LogP contribution in [-0.4, -0.2) is 24.2 Å². The highest BCUT2D eigenvalue weighted by Gasteiger charge is 2.24. The first-order chi connectivity index (χ1) is 10.2. The summed E-state index contributed by atoms with van der Waals surface area (Å²) >= 11 is 0. The molecule has 4 heteroatoms. The van der Waals surface area contributed by atoms with Gasteiger partial charge in [0, 0.05) is 13.2 Å². The maximum atomic E-state index is 11.6. The average Bonchev–Trinajstić information content (AvgIpc) is 2.73. The van der Waals surface area contributed by atoms with Crippen molar-refractivity contribution >= 4 is 5.97 Å². The van der Waals surface area contributed by atoms with E-state index in [0.29, 0.717) is 12.6 Å². The molecule has 1 aliphatic carbocycles. The third kappa shape index (κ3) is 4.83. The lowest BCUT2D eigenvalue weighted by Crippen LogP contribution is -2.36. The highest BCUT2D eigenvalue weighted by atomic mass is 16.5. The van der Waals surface area contributed by atoms with E-state index in [4.69, 9.17) is 4.74 Å². The van der Waals surface area contributed by atoms with E-state index in [2.05, 4.69) is 5.32 Å². The molecule has 1 unspecified atom stereocenters. The molecule has 2 N–H and O–H groups in total. The summed E-state index contributed by atoms with van der Waals surface area (Å²) in [5.41, 5.74) is 1.81. The number of carboxylic acid groups (broad SMARTS) is 1. The Bertz CT molecular complexity index is 453. The number of hydrogen-bond acceptors (Lipinski definition) is 3. The molecule has 116 valence electrons. The molecule has 1 fully saturated rings. The summed E-state index contributed by atoms with van der Waals surface area (Å²) in [5.74, 6) is -0.811. The Morgan fingerprint density at radius 2 is 2.05 bits per heavy atom. The van der Waals surface area contributed by atoms with Gasteiger partial charge in [-0.1, -0.05) is 49.9 Å². The Morgan fingerprint density at radius 3 is 2.67 bits per heavy atom. The summed E-state index contributed by atoms with van der Waals surface area (Å²) in [7, 11) is 1.64. The Balaban J connectivity index is 2.10. The molecule has 0 bridgehead atoms. The second-order valence-corrected chi connectivity index (χ2v) is 5.80. The number of rotatable bonds is 6. The van der Waals surface area contributed by atoms with Crippen LogP contribution in [0.3, 0.4) is 0 Å². The molecule has 2 rings (SSSR count). The molecule has 0 amide bonds. The van der Waals surface area contributed by atoms with E-state index in [1.54, 1.807) is 7.11 Å². The summed E-state index contributed by atoms with van der Waals surface area (Å²) < 4.78 is 5.12. The van der Waals surface area contributed by atoms with Crippen LogP contribution in [0.4, 0.5) is 0 Å². The van der Waals surface area contributed by atoms with Crippen molar-refractivity contribution in [3.63, 3.8) is 0 Å². The summed E-state index contributed by atoms with van der Waals surface area (Å²) in [4.78, 5) is 11.6. The van der Waals surface area contributed by atoms with E-state index in [-0.39, 0.29) is 0 Å². The number of hydrogen-bond donors (Lipinski definition) is 2. The fourth-order valence-electron chi connectivity index (χ4n) is 3.02. The first-order valence-corrected chi connectivity index (χ1v) is 7.77. The van der Waals surface area contributed by atoms with Gasteiger partial charge in [-0.05, 0) is 24.0 Å². The predicted molar refractivity (Wildman–Crippen MR) is 82.2 cm³/mol. The molecule has 1 aliphatic rings. The molecule has 0 spiro atoms. The molecule has 0 heterocycles. The Labute approximate surface area is 126 Å². The van der Waals surface area contributed by atoms with Crippen molar-refractivity contribution in [1.82, 2.24) is 5.32 Å². The number of carbonyl (C=O) groups is 1. The van der Waals surface area contributed by atoms with Gasteiger partial charge in [-0.2, -0.15) is 0 Å². The molecule has 1 saturated carbocycles. The van der Waals surface area contributed by atoms with Gasteiger partial charge < -0.3 is 9.84 Å². The van der Waals surface area contributed by atoms with Gasteiger partial charge in [0.25, 0.3) is 0 Å². The first kappa shape index (κ1) is 16.0. The highest BCUT2D eigenvalue weighted by molar-refractivity contribution is 5.75. The van der Waals surface area contributed by atoms with E-state index >= 15 is 0 Å². The number of ether oxygens (including phenoxy) is 1. The van der Waals surface area contributed by atoms with Crippen LogP contribution in [0.15, 0.2) is 24.3 Å². The molecule has 4 nitrogen and oxygen atoms in total. The normalized spacial score (nSPS) is 18.1. The van der Waals surface area contributed by atoms with Crippen LogP contribution in [0.25, 0.3) is 0 Å². The van der Waals surface area contributed by atoms with Crippen LogP contribution in [0.1, 0.15) is 55.7 Å². The summed E-state index contributed by atoms with van der Waals surface area (Å²) in [6.45, 7) is 0.504. The van der Waals surface area contributed by atoms with Gasteiger partial charge in [-0.15, -0.1) is 0 Å². The topological polar surface area (TPSA) is 58.6 Å². The van der Waals surface area contributed by atoms with Crippen LogP contribution < -0.4 is 5.32 Å². The summed E-state index contributed by atoms with van der Waals surface area (Å²) in [6, 6.07) is 7.32. The molecule has 1 aromatic rings. The van der Waals surface area contributed by atoms with E-state index in [1.165, 1.54) is 25.7 Å². The van der Waals surface area contributed by atoms with E-state index < -0.39 is 12.0 Å². The van der Waals surface area contributed by atoms with Gasteiger partial charge in [0.1, 0.15) is 6.04 Å².